The first-order valence-electron chi connectivity index (χ1n) is 6.54. The Hall–Kier alpha value is -0.843. The van der Waals surface area contributed by atoms with Crippen LogP contribution in [0.3, 0.4) is 0 Å². The number of amides is 1. The fourth-order valence-electron chi connectivity index (χ4n) is 1.52. The fraction of sp³-hybridized carbons (Fsp3) is 0.846. The Labute approximate surface area is 112 Å². The van der Waals surface area contributed by atoms with E-state index in [1.165, 1.54) is 0 Å². The predicted molar refractivity (Wildman–Crippen MR) is 75.8 cm³/mol. The third kappa shape index (κ3) is 4.80. The quantitative estimate of drug-likeness (QED) is 0.407. The van der Waals surface area contributed by atoms with Gasteiger partial charge in [-0.2, -0.15) is 0 Å². The van der Waals surface area contributed by atoms with Gasteiger partial charge in [-0.3, -0.25) is 9.59 Å². The van der Waals surface area contributed by atoms with Crippen LogP contribution in [-0.2, 0) is 14.3 Å². The number of esters is 1. The highest BCUT2D eigenvalue weighted by Crippen LogP contribution is 2.37. The third-order valence-corrected chi connectivity index (χ3v) is 9.20. The molecule has 0 heterocycles. The van der Waals surface area contributed by atoms with Gasteiger partial charge in [-0.25, -0.2) is 0 Å². The lowest BCUT2D eigenvalue weighted by Gasteiger charge is -2.43. The topological polar surface area (TPSA) is 46.6 Å². The third-order valence-electron chi connectivity index (χ3n) is 3.77. The highest BCUT2D eigenvalue weighted by molar-refractivity contribution is 6.78. The average Bonchev–Trinajstić information content (AvgIpc) is 2.22. The number of nitrogens with zero attached hydrogens (tertiary/aromatic N) is 1. The van der Waals surface area contributed by atoms with E-state index in [0.717, 1.165) is 6.41 Å². The minimum absolute atomic E-state index is 0.123. The van der Waals surface area contributed by atoms with E-state index in [2.05, 4.69) is 33.9 Å². The van der Waals surface area contributed by atoms with E-state index in [-0.39, 0.29) is 11.0 Å². The monoisotopic (exact) mass is 273 g/mol. The van der Waals surface area contributed by atoms with Crippen LogP contribution in [0.2, 0.25) is 18.1 Å². The molecular weight excluding hydrogens is 246 g/mol. The largest absolute Gasteiger partial charge is 0.466 e. The van der Waals surface area contributed by atoms with Gasteiger partial charge in [0.05, 0.1) is 6.61 Å². The SMILES string of the molecule is CCOC(=O)CCCN(C=O)[Si](C)(C)C(C)(C)C. The average molecular weight is 273 g/mol. The molecule has 0 aliphatic carbocycles. The number of hydrogen-bond donors (Lipinski definition) is 0. The Morgan fingerprint density at radius 3 is 2.28 bits per heavy atom. The normalized spacial score (nSPS) is 12.1. The molecule has 0 aliphatic heterocycles. The van der Waals surface area contributed by atoms with Crippen molar-refractivity contribution in [3.8, 4) is 0 Å². The molecule has 0 unspecified atom stereocenters. The van der Waals surface area contributed by atoms with Crippen molar-refractivity contribution in [1.82, 2.24) is 4.57 Å². The molecule has 106 valence electrons. The second-order valence-corrected chi connectivity index (χ2v) is 11.2. The molecule has 18 heavy (non-hydrogen) atoms. The van der Waals surface area contributed by atoms with Crippen molar-refractivity contribution < 1.29 is 14.3 Å². The van der Waals surface area contributed by atoms with E-state index in [1.54, 1.807) is 6.92 Å². The molecule has 0 aromatic rings. The molecule has 0 saturated carbocycles. The summed E-state index contributed by atoms with van der Waals surface area (Å²) in [5.74, 6) is -0.182. The van der Waals surface area contributed by atoms with Crippen LogP contribution in [0.1, 0.15) is 40.5 Å². The molecule has 0 fully saturated rings. The molecule has 0 aromatic carbocycles. The summed E-state index contributed by atoms with van der Waals surface area (Å²) in [7, 11) is -1.81. The van der Waals surface area contributed by atoms with Gasteiger partial charge in [0, 0.05) is 13.0 Å². The fourth-order valence-corrected chi connectivity index (χ4v) is 3.36. The van der Waals surface area contributed by atoms with E-state index in [9.17, 15) is 9.59 Å². The zero-order chi connectivity index (χ0) is 14.4. The van der Waals surface area contributed by atoms with Crippen molar-refractivity contribution in [3.05, 3.63) is 0 Å². The molecular formula is C13H27NO3Si. The Balaban J connectivity index is 4.37. The molecule has 0 spiro atoms. The van der Waals surface area contributed by atoms with Crippen LogP contribution in [0.25, 0.3) is 0 Å². The second kappa shape index (κ2) is 6.92. The second-order valence-electron chi connectivity index (χ2n) is 6.02. The Morgan fingerprint density at radius 2 is 1.89 bits per heavy atom. The molecule has 5 heteroatoms. The van der Waals surface area contributed by atoms with Gasteiger partial charge in [-0.05, 0) is 18.4 Å². The molecule has 1 amide bonds. The maximum Gasteiger partial charge on any atom is 0.305 e. The van der Waals surface area contributed by atoms with Crippen molar-refractivity contribution in [2.24, 2.45) is 0 Å². The van der Waals surface area contributed by atoms with E-state index in [1.807, 2.05) is 4.57 Å². The van der Waals surface area contributed by atoms with Crippen LogP contribution in [-0.4, -0.2) is 38.3 Å². The Morgan fingerprint density at radius 1 is 1.33 bits per heavy atom. The molecule has 0 aliphatic rings. The first kappa shape index (κ1) is 17.2. The summed E-state index contributed by atoms with van der Waals surface area (Å²) in [4.78, 5) is 22.5. The van der Waals surface area contributed by atoms with Gasteiger partial charge in [0.15, 0.2) is 8.24 Å². The molecule has 0 rings (SSSR count). The summed E-state index contributed by atoms with van der Waals surface area (Å²) in [6.45, 7) is 13.7. The van der Waals surface area contributed by atoms with Crippen LogP contribution < -0.4 is 0 Å². The molecule has 4 nitrogen and oxygen atoms in total. The van der Waals surface area contributed by atoms with Crippen molar-refractivity contribution in [1.29, 1.82) is 0 Å². The van der Waals surface area contributed by atoms with Gasteiger partial charge >= 0.3 is 5.97 Å². The van der Waals surface area contributed by atoms with Crippen molar-refractivity contribution in [3.63, 3.8) is 0 Å². The van der Waals surface area contributed by atoms with E-state index in [0.29, 0.717) is 26.0 Å². The van der Waals surface area contributed by atoms with E-state index < -0.39 is 8.24 Å². The zero-order valence-corrected chi connectivity index (χ0v) is 13.6. The first-order valence-corrected chi connectivity index (χ1v) is 9.49. The summed E-state index contributed by atoms with van der Waals surface area (Å²) >= 11 is 0. The van der Waals surface area contributed by atoms with Gasteiger partial charge in [0.25, 0.3) is 0 Å². The molecule has 0 atom stereocenters. The van der Waals surface area contributed by atoms with Crippen LogP contribution in [0, 0.1) is 0 Å². The maximum absolute atomic E-state index is 11.2. The predicted octanol–water partition coefficient (Wildman–Crippen LogP) is 2.79. The van der Waals surface area contributed by atoms with Crippen LogP contribution >= 0.6 is 0 Å². The molecule has 0 radical (unpaired) electrons. The minimum atomic E-state index is -1.81. The highest BCUT2D eigenvalue weighted by atomic mass is 28.3. The van der Waals surface area contributed by atoms with E-state index >= 15 is 0 Å². The van der Waals surface area contributed by atoms with Gasteiger partial charge in [-0.1, -0.05) is 33.9 Å². The number of carbonyl (C=O) groups excluding carboxylic acids is 2. The van der Waals surface area contributed by atoms with Gasteiger partial charge in [0.2, 0.25) is 6.41 Å². The van der Waals surface area contributed by atoms with Gasteiger partial charge in [0.1, 0.15) is 0 Å². The minimum Gasteiger partial charge on any atom is -0.466 e. The molecule has 0 saturated heterocycles. The molecule has 0 N–H and O–H groups in total. The summed E-state index contributed by atoms with van der Waals surface area (Å²) in [5.41, 5.74) is 0. The lowest BCUT2D eigenvalue weighted by atomic mass is 10.2. The Bertz CT molecular complexity index is 284. The number of ether oxygens (including phenoxy) is 1. The van der Waals surface area contributed by atoms with E-state index in [4.69, 9.17) is 4.74 Å². The summed E-state index contributed by atoms with van der Waals surface area (Å²) in [6, 6.07) is 0. The maximum atomic E-state index is 11.2. The molecule has 0 aromatic heterocycles. The van der Waals surface area contributed by atoms with Crippen LogP contribution in [0.15, 0.2) is 0 Å². The smallest absolute Gasteiger partial charge is 0.305 e. The van der Waals surface area contributed by atoms with Crippen molar-refractivity contribution >= 4 is 20.6 Å². The lowest BCUT2D eigenvalue weighted by Crippen LogP contribution is -2.54. The summed E-state index contributed by atoms with van der Waals surface area (Å²) in [5, 5.41) is 0.123. The van der Waals surface area contributed by atoms with Gasteiger partial charge < -0.3 is 9.30 Å². The first-order chi connectivity index (χ1) is 8.16. The zero-order valence-electron chi connectivity index (χ0n) is 12.6. The number of carbonyl (C=O) groups is 2. The standard InChI is InChI=1S/C13H27NO3Si/c1-7-17-12(16)9-8-10-14(11-15)18(5,6)13(2,3)4/h11H,7-10H2,1-6H3. The Kier molecular flexibility index (Phi) is 6.60. The van der Waals surface area contributed by atoms with Gasteiger partial charge in [-0.15, -0.1) is 0 Å². The van der Waals surface area contributed by atoms with Crippen LogP contribution in [0.5, 0.6) is 0 Å². The summed E-state index contributed by atoms with van der Waals surface area (Å²) in [6.07, 6.45) is 1.99. The number of hydrogen-bond acceptors (Lipinski definition) is 3. The lowest BCUT2D eigenvalue weighted by molar-refractivity contribution is -0.143. The summed E-state index contributed by atoms with van der Waals surface area (Å²) < 4.78 is 6.78. The van der Waals surface area contributed by atoms with Crippen molar-refractivity contribution in [2.75, 3.05) is 13.2 Å². The highest BCUT2D eigenvalue weighted by Gasteiger charge is 2.40. The van der Waals surface area contributed by atoms with Crippen molar-refractivity contribution in [2.45, 2.75) is 58.7 Å². The molecule has 0 bridgehead atoms. The number of rotatable bonds is 7. The van der Waals surface area contributed by atoms with Crippen LogP contribution in [0.4, 0.5) is 0 Å².